The molecule has 0 amide bonds. The van der Waals surface area contributed by atoms with Gasteiger partial charge in [-0.2, -0.15) is 0 Å². The van der Waals surface area contributed by atoms with Gasteiger partial charge in [-0.3, -0.25) is 0 Å². The van der Waals surface area contributed by atoms with Gasteiger partial charge in [0.1, 0.15) is 0 Å². The fraction of sp³-hybridized carbons (Fsp3) is 0.0678. The average molecular weight is 826 g/mol. The average Bonchev–Trinajstić information content (AvgIpc) is 3.82. The third-order valence-electron chi connectivity index (χ3n) is 12.0. The lowest BCUT2D eigenvalue weighted by molar-refractivity contribution is 1.04. The van der Waals surface area contributed by atoms with Crippen LogP contribution in [0.1, 0.15) is 36.8 Å². The maximum Gasteiger partial charge on any atom is 0.174 e. The highest BCUT2D eigenvalue weighted by Gasteiger charge is 2.25. The number of hydrogen-bond donors (Lipinski definition) is 0. The Balaban J connectivity index is 1.09. The van der Waals surface area contributed by atoms with E-state index in [1.165, 1.54) is 65.7 Å². The van der Waals surface area contributed by atoms with E-state index in [4.69, 9.17) is 15.0 Å². The van der Waals surface area contributed by atoms with Crippen molar-refractivity contribution in [2.24, 2.45) is 0 Å². The lowest BCUT2D eigenvalue weighted by Gasteiger charge is -2.26. The van der Waals surface area contributed by atoms with Gasteiger partial charge in [0.15, 0.2) is 17.5 Å². The van der Waals surface area contributed by atoms with E-state index in [2.05, 4.69) is 206 Å². The van der Waals surface area contributed by atoms with Crippen molar-refractivity contribution in [2.75, 3.05) is 0 Å². The standard InChI is InChI=1S/C59H43N3S/c1-6-18-40(19-7-1)41-30-34-47(35-31-41)57-60-58(62-59(61-57)53-38-49-28-16-17-29-52(49)63-53)48-36-32-43(33-37-48)51-39-50(42-20-8-2-9-21-42)54(44-22-10-3-11-23-44)56(46-26-14-5-15-27-46)55(51)45-24-12-4-13-25-45/h1,4-8,10,12-39H,2-3,9,11H2. The van der Waals surface area contributed by atoms with Crippen LogP contribution < -0.4 is 0 Å². The van der Waals surface area contributed by atoms with Gasteiger partial charge in [0.2, 0.25) is 0 Å². The van der Waals surface area contributed by atoms with Gasteiger partial charge in [-0.25, -0.2) is 15.0 Å². The Morgan fingerprint density at radius 3 is 1.43 bits per heavy atom. The van der Waals surface area contributed by atoms with Crippen LogP contribution in [0.15, 0.2) is 212 Å². The summed E-state index contributed by atoms with van der Waals surface area (Å²) >= 11 is 1.71. The maximum absolute atomic E-state index is 5.18. The normalized spacial score (nSPS) is 13.5. The van der Waals surface area contributed by atoms with Gasteiger partial charge in [-0.1, -0.05) is 194 Å². The number of nitrogens with zero attached hydrogens (tertiary/aromatic N) is 3. The molecule has 2 heterocycles. The zero-order chi connectivity index (χ0) is 42.0. The van der Waals surface area contributed by atoms with E-state index >= 15 is 0 Å². The van der Waals surface area contributed by atoms with Crippen LogP contribution in [0.4, 0.5) is 0 Å². The van der Waals surface area contributed by atoms with Crippen LogP contribution in [0.25, 0.3) is 99.2 Å². The predicted molar refractivity (Wildman–Crippen MR) is 266 cm³/mol. The summed E-state index contributed by atoms with van der Waals surface area (Å²) in [4.78, 5) is 16.5. The van der Waals surface area contributed by atoms with Crippen LogP contribution in [0.2, 0.25) is 0 Å². The third kappa shape index (κ3) is 7.71. The molecule has 0 saturated heterocycles. The Bertz CT molecular complexity index is 3200. The van der Waals surface area contributed by atoms with Crippen molar-refractivity contribution in [2.45, 2.75) is 25.7 Å². The smallest absolute Gasteiger partial charge is 0.174 e. The highest BCUT2D eigenvalue weighted by molar-refractivity contribution is 7.22. The highest BCUT2D eigenvalue weighted by atomic mass is 32.1. The van der Waals surface area contributed by atoms with Crippen LogP contribution in [-0.4, -0.2) is 15.0 Å². The summed E-state index contributed by atoms with van der Waals surface area (Å²) < 4.78 is 1.21. The van der Waals surface area contributed by atoms with Crippen molar-refractivity contribution >= 4 is 32.6 Å². The maximum atomic E-state index is 5.18. The minimum absolute atomic E-state index is 0.643. The number of thiophene rings is 1. The van der Waals surface area contributed by atoms with Gasteiger partial charge in [0, 0.05) is 15.8 Å². The van der Waals surface area contributed by atoms with Crippen molar-refractivity contribution < 1.29 is 0 Å². The van der Waals surface area contributed by atoms with Crippen molar-refractivity contribution in [3.05, 3.63) is 224 Å². The fourth-order valence-electron chi connectivity index (χ4n) is 8.93. The second kappa shape index (κ2) is 17.1. The molecule has 63 heavy (non-hydrogen) atoms. The number of allylic oxidation sites excluding steroid dienone is 8. The third-order valence-corrected chi connectivity index (χ3v) is 13.1. The second-order valence-electron chi connectivity index (χ2n) is 16.1. The lowest BCUT2D eigenvalue weighted by atomic mass is 9.77. The van der Waals surface area contributed by atoms with Crippen LogP contribution in [0.5, 0.6) is 0 Å². The number of rotatable bonds is 9. The molecule has 11 rings (SSSR count). The minimum atomic E-state index is 0.643. The van der Waals surface area contributed by atoms with E-state index in [0.29, 0.717) is 17.5 Å². The first-order valence-electron chi connectivity index (χ1n) is 21.8. The van der Waals surface area contributed by atoms with Crippen molar-refractivity contribution in [3.63, 3.8) is 0 Å². The topological polar surface area (TPSA) is 38.7 Å². The second-order valence-corrected chi connectivity index (χ2v) is 17.2. The van der Waals surface area contributed by atoms with E-state index in [-0.39, 0.29) is 0 Å². The summed E-state index contributed by atoms with van der Waals surface area (Å²) in [6.45, 7) is 0. The Hall–Kier alpha value is -7.53. The predicted octanol–water partition coefficient (Wildman–Crippen LogP) is 16.2. The molecule has 9 aromatic rings. The summed E-state index contributed by atoms with van der Waals surface area (Å²) in [5.41, 5.74) is 16.5. The van der Waals surface area contributed by atoms with Crippen molar-refractivity contribution in [3.8, 4) is 78.0 Å². The molecule has 2 aromatic heterocycles. The molecule has 300 valence electrons. The molecule has 0 radical (unpaired) electrons. The van der Waals surface area contributed by atoms with E-state index < -0.39 is 0 Å². The number of fused-ring (bicyclic) bond motifs is 1. The SMILES string of the molecule is C1=CC(c2cc(-c3ccc(-c4nc(-c5ccc(-c6ccccc6)cc5)nc(-c5cc6ccccc6s5)n4)cc3)c(-c3ccccc3)c(-c3ccccc3)c2C2=CCCC=C2)=CCC1. The summed E-state index contributed by atoms with van der Waals surface area (Å²) in [6, 6.07) is 62.8. The first-order chi connectivity index (χ1) is 31.2. The number of aromatic nitrogens is 3. The Morgan fingerprint density at radius 1 is 0.349 bits per heavy atom. The van der Waals surface area contributed by atoms with Gasteiger partial charge < -0.3 is 0 Å². The lowest BCUT2D eigenvalue weighted by Crippen LogP contribution is -2.03. The van der Waals surface area contributed by atoms with E-state index in [1.807, 2.05) is 6.07 Å². The molecule has 0 aliphatic heterocycles. The quantitative estimate of drug-likeness (QED) is 0.146. The number of hydrogen-bond acceptors (Lipinski definition) is 4. The number of benzene rings is 7. The summed E-state index contributed by atoms with van der Waals surface area (Å²) in [6.07, 6.45) is 18.3. The summed E-state index contributed by atoms with van der Waals surface area (Å²) in [5.74, 6) is 1.96. The zero-order valence-corrected chi connectivity index (χ0v) is 35.6. The monoisotopic (exact) mass is 825 g/mol. The molecule has 0 saturated carbocycles. The van der Waals surface area contributed by atoms with Gasteiger partial charge in [-0.15, -0.1) is 11.3 Å². The van der Waals surface area contributed by atoms with Crippen LogP contribution in [0, 0.1) is 0 Å². The molecule has 0 fully saturated rings. The van der Waals surface area contributed by atoms with Crippen LogP contribution in [-0.2, 0) is 0 Å². The molecule has 2 aliphatic rings. The first-order valence-corrected chi connectivity index (χ1v) is 22.6. The Morgan fingerprint density at radius 2 is 0.841 bits per heavy atom. The largest absolute Gasteiger partial charge is 0.208 e. The molecule has 4 heteroatoms. The molecular weight excluding hydrogens is 783 g/mol. The Labute approximate surface area is 372 Å². The van der Waals surface area contributed by atoms with Gasteiger partial charge >= 0.3 is 0 Å². The molecule has 7 aromatic carbocycles. The van der Waals surface area contributed by atoms with Crippen LogP contribution >= 0.6 is 11.3 Å². The van der Waals surface area contributed by atoms with E-state index in [1.54, 1.807) is 11.3 Å². The molecule has 0 N–H and O–H groups in total. The molecule has 3 nitrogen and oxygen atoms in total. The first kappa shape index (κ1) is 38.4. The van der Waals surface area contributed by atoms with E-state index in [0.717, 1.165) is 52.8 Å². The minimum Gasteiger partial charge on any atom is -0.208 e. The summed E-state index contributed by atoms with van der Waals surface area (Å²) in [7, 11) is 0. The van der Waals surface area contributed by atoms with Gasteiger partial charge in [-0.05, 0) is 116 Å². The van der Waals surface area contributed by atoms with Crippen LogP contribution in [0.3, 0.4) is 0 Å². The fourth-order valence-corrected chi connectivity index (χ4v) is 9.92. The Kier molecular flexibility index (Phi) is 10.4. The van der Waals surface area contributed by atoms with Crippen molar-refractivity contribution in [1.29, 1.82) is 0 Å². The molecular formula is C59H43N3S. The molecule has 2 aliphatic carbocycles. The molecule has 0 atom stereocenters. The highest BCUT2D eigenvalue weighted by Crippen LogP contribution is 2.49. The summed E-state index contributed by atoms with van der Waals surface area (Å²) in [5, 5.41) is 1.18. The van der Waals surface area contributed by atoms with E-state index in [9.17, 15) is 0 Å². The molecule has 0 bridgehead atoms. The molecule has 0 spiro atoms. The zero-order valence-electron chi connectivity index (χ0n) is 34.8. The molecule has 0 unspecified atom stereocenters. The van der Waals surface area contributed by atoms with Crippen molar-refractivity contribution in [1.82, 2.24) is 15.0 Å². The van der Waals surface area contributed by atoms with Gasteiger partial charge in [0.05, 0.1) is 4.88 Å². The van der Waals surface area contributed by atoms with Gasteiger partial charge in [0.25, 0.3) is 0 Å².